The Morgan fingerprint density at radius 1 is 1.17 bits per heavy atom. The van der Waals surface area contributed by atoms with Gasteiger partial charge in [0, 0.05) is 19.2 Å². The lowest BCUT2D eigenvalue weighted by molar-refractivity contribution is 0.0953. The Morgan fingerprint density at radius 3 is 2.46 bits per heavy atom. The Labute approximate surface area is 141 Å². The van der Waals surface area contributed by atoms with Gasteiger partial charge in [-0.05, 0) is 48.9 Å². The van der Waals surface area contributed by atoms with Gasteiger partial charge in [-0.3, -0.25) is 9.10 Å². The molecule has 0 spiro atoms. The monoisotopic (exact) mass is 350 g/mol. The first-order chi connectivity index (χ1) is 11.4. The van der Waals surface area contributed by atoms with Crippen LogP contribution in [0.15, 0.2) is 53.4 Å². The largest absolute Gasteiger partial charge is 0.352 e. The Morgan fingerprint density at radius 2 is 1.83 bits per heavy atom. The molecule has 0 aromatic heterocycles. The lowest BCUT2D eigenvalue weighted by Crippen LogP contribution is -2.27. The van der Waals surface area contributed by atoms with Gasteiger partial charge in [0.05, 0.1) is 10.6 Å². The van der Waals surface area contributed by atoms with Gasteiger partial charge in [-0.1, -0.05) is 13.0 Å². The summed E-state index contributed by atoms with van der Waals surface area (Å²) in [5, 5.41) is 2.71. The Kier molecular flexibility index (Phi) is 5.56. The molecular formula is C17H19FN2O3S. The average Bonchev–Trinajstić information content (AvgIpc) is 2.59. The van der Waals surface area contributed by atoms with Gasteiger partial charge >= 0.3 is 0 Å². The Hall–Kier alpha value is -2.41. The van der Waals surface area contributed by atoms with Crippen molar-refractivity contribution in [2.75, 3.05) is 17.9 Å². The molecule has 5 nitrogen and oxygen atoms in total. The lowest BCUT2D eigenvalue weighted by atomic mass is 10.2. The first-order valence-electron chi connectivity index (χ1n) is 7.49. The van der Waals surface area contributed by atoms with Crippen LogP contribution in [-0.2, 0) is 10.0 Å². The molecule has 2 aromatic carbocycles. The van der Waals surface area contributed by atoms with Crippen LogP contribution in [-0.4, -0.2) is 27.9 Å². The number of nitrogens with zero attached hydrogens (tertiary/aromatic N) is 1. The summed E-state index contributed by atoms with van der Waals surface area (Å²) in [5.74, 6) is -0.766. The number of anilines is 1. The van der Waals surface area contributed by atoms with E-state index >= 15 is 0 Å². The molecule has 2 aromatic rings. The molecule has 1 amide bonds. The number of rotatable bonds is 6. The normalized spacial score (nSPS) is 11.1. The number of sulfonamides is 1. The Bertz CT molecular complexity index is 820. The van der Waals surface area contributed by atoms with E-state index < -0.39 is 15.8 Å². The first kappa shape index (κ1) is 17.9. The van der Waals surface area contributed by atoms with Crippen molar-refractivity contribution in [2.24, 2.45) is 0 Å². The maximum absolute atomic E-state index is 13.0. The number of amides is 1. The van der Waals surface area contributed by atoms with Gasteiger partial charge in [0.1, 0.15) is 5.82 Å². The van der Waals surface area contributed by atoms with E-state index in [0.717, 1.165) is 10.7 Å². The van der Waals surface area contributed by atoms with E-state index in [1.807, 2.05) is 6.92 Å². The molecule has 0 saturated carbocycles. The highest BCUT2D eigenvalue weighted by atomic mass is 32.2. The van der Waals surface area contributed by atoms with Gasteiger partial charge in [0.25, 0.3) is 15.9 Å². The summed E-state index contributed by atoms with van der Waals surface area (Å²) in [7, 11) is -2.47. The minimum atomic E-state index is -3.85. The van der Waals surface area contributed by atoms with Crippen LogP contribution in [0, 0.1) is 5.82 Å². The molecular weight excluding hydrogens is 331 g/mol. The lowest BCUT2D eigenvalue weighted by Gasteiger charge is -2.19. The molecule has 0 radical (unpaired) electrons. The molecule has 128 valence electrons. The van der Waals surface area contributed by atoms with E-state index in [0.29, 0.717) is 12.2 Å². The zero-order valence-corrected chi connectivity index (χ0v) is 14.3. The third-order valence-corrected chi connectivity index (χ3v) is 5.26. The zero-order valence-electron chi connectivity index (χ0n) is 13.5. The molecule has 2 rings (SSSR count). The van der Waals surface area contributed by atoms with Crippen molar-refractivity contribution in [2.45, 2.75) is 18.2 Å². The van der Waals surface area contributed by atoms with Crippen LogP contribution in [0.3, 0.4) is 0 Å². The SMILES string of the molecule is CCCNC(=O)c1cccc(S(=O)(=O)N(C)c2ccc(F)cc2)c1. The number of carbonyl (C=O) groups excluding carboxylic acids is 1. The van der Waals surface area contributed by atoms with Gasteiger partial charge in [0.15, 0.2) is 0 Å². The molecule has 0 aliphatic rings. The number of carbonyl (C=O) groups is 1. The van der Waals surface area contributed by atoms with Crippen LogP contribution < -0.4 is 9.62 Å². The van der Waals surface area contributed by atoms with Crippen molar-refractivity contribution in [1.29, 1.82) is 0 Å². The van der Waals surface area contributed by atoms with E-state index in [2.05, 4.69) is 5.32 Å². The highest BCUT2D eigenvalue weighted by molar-refractivity contribution is 7.92. The molecule has 24 heavy (non-hydrogen) atoms. The predicted molar refractivity (Wildman–Crippen MR) is 91.1 cm³/mol. The molecule has 1 N–H and O–H groups in total. The van der Waals surface area contributed by atoms with Crippen molar-refractivity contribution in [3.63, 3.8) is 0 Å². The molecule has 0 unspecified atom stereocenters. The molecule has 7 heteroatoms. The van der Waals surface area contributed by atoms with Gasteiger partial charge in [-0.25, -0.2) is 12.8 Å². The standard InChI is InChI=1S/C17H19FN2O3S/c1-3-11-19-17(21)13-5-4-6-16(12-13)24(22,23)20(2)15-9-7-14(18)8-10-15/h4-10,12H,3,11H2,1-2H3,(H,19,21). The van der Waals surface area contributed by atoms with E-state index in [1.165, 1.54) is 49.5 Å². The number of nitrogens with one attached hydrogen (secondary N) is 1. The van der Waals surface area contributed by atoms with Crippen LogP contribution in [0.4, 0.5) is 10.1 Å². The molecule has 0 bridgehead atoms. The van der Waals surface area contributed by atoms with Gasteiger partial charge in [-0.2, -0.15) is 0 Å². The first-order valence-corrected chi connectivity index (χ1v) is 8.93. The molecule has 0 atom stereocenters. The number of benzene rings is 2. The van der Waals surface area contributed by atoms with Crippen molar-refractivity contribution in [3.8, 4) is 0 Å². The van der Waals surface area contributed by atoms with Crippen LogP contribution in [0.2, 0.25) is 0 Å². The van der Waals surface area contributed by atoms with Crippen LogP contribution in [0.1, 0.15) is 23.7 Å². The minimum absolute atomic E-state index is 0.00141. The zero-order chi connectivity index (χ0) is 17.7. The topological polar surface area (TPSA) is 66.5 Å². The summed E-state index contributed by atoms with van der Waals surface area (Å²) in [6.45, 7) is 2.45. The van der Waals surface area contributed by atoms with Crippen LogP contribution in [0.25, 0.3) is 0 Å². The molecule has 0 aliphatic carbocycles. The summed E-state index contributed by atoms with van der Waals surface area (Å²) in [6, 6.07) is 11.0. The van der Waals surface area contributed by atoms with E-state index in [9.17, 15) is 17.6 Å². The summed E-state index contributed by atoms with van der Waals surface area (Å²) in [4.78, 5) is 12.0. The highest BCUT2D eigenvalue weighted by Crippen LogP contribution is 2.22. The Balaban J connectivity index is 2.32. The third kappa shape index (κ3) is 3.91. The summed E-state index contributed by atoms with van der Waals surface area (Å²) in [6.07, 6.45) is 0.789. The summed E-state index contributed by atoms with van der Waals surface area (Å²) in [5.41, 5.74) is 0.606. The smallest absolute Gasteiger partial charge is 0.264 e. The summed E-state index contributed by atoms with van der Waals surface area (Å²) >= 11 is 0. The van der Waals surface area contributed by atoms with Crippen LogP contribution >= 0.6 is 0 Å². The second kappa shape index (κ2) is 7.44. The molecule has 0 heterocycles. The predicted octanol–water partition coefficient (Wildman–Crippen LogP) is 2.79. The maximum Gasteiger partial charge on any atom is 0.264 e. The second-order valence-electron chi connectivity index (χ2n) is 5.23. The van der Waals surface area contributed by atoms with Crippen molar-refractivity contribution < 1.29 is 17.6 Å². The van der Waals surface area contributed by atoms with Crippen molar-refractivity contribution in [3.05, 3.63) is 59.9 Å². The minimum Gasteiger partial charge on any atom is -0.352 e. The average molecular weight is 350 g/mol. The van der Waals surface area contributed by atoms with E-state index in [1.54, 1.807) is 6.07 Å². The molecule has 0 fully saturated rings. The van der Waals surface area contributed by atoms with Gasteiger partial charge in [-0.15, -0.1) is 0 Å². The fourth-order valence-corrected chi connectivity index (χ4v) is 3.33. The maximum atomic E-state index is 13.0. The fraction of sp³-hybridized carbons (Fsp3) is 0.235. The second-order valence-corrected chi connectivity index (χ2v) is 7.20. The third-order valence-electron chi connectivity index (χ3n) is 3.48. The fourth-order valence-electron chi connectivity index (χ4n) is 2.09. The highest BCUT2D eigenvalue weighted by Gasteiger charge is 2.22. The van der Waals surface area contributed by atoms with E-state index in [4.69, 9.17) is 0 Å². The van der Waals surface area contributed by atoms with Gasteiger partial charge in [0.2, 0.25) is 0 Å². The van der Waals surface area contributed by atoms with Crippen molar-refractivity contribution >= 4 is 21.6 Å². The number of hydrogen-bond donors (Lipinski definition) is 1. The van der Waals surface area contributed by atoms with E-state index in [-0.39, 0.29) is 16.4 Å². The van der Waals surface area contributed by atoms with Crippen LogP contribution in [0.5, 0.6) is 0 Å². The quantitative estimate of drug-likeness (QED) is 0.871. The molecule has 0 aliphatic heterocycles. The number of halogens is 1. The summed E-state index contributed by atoms with van der Waals surface area (Å²) < 4.78 is 39.5. The molecule has 0 saturated heterocycles. The number of hydrogen-bond acceptors (Lipinski definition) is 3. The van der Waals surface area contributed by atoms with Gasteiger partial charge < -0.3 is 5.32 Å². The van der Waals surface area contributed by atoms with Crippen molar-refractivity contribution in [1.82, 2.24) is 5.32 Å².